The Morgan fingerprint density at radius 2 is 1.93 bits per heavy atom. The molecule has 0 heterocycles. The Bertz CT molecular complexity index is 159. The Labute approximate surface area is 89.6 Å². The number of unbranched alkanes of at least 4 members (excludes halogenated alkanes) is 1. The molecular weight excluding hydrogens is 205 g/mol. The monoisotopic (exact) mass is 226 g/mol. The van der Waals surface area contributed by atoms with Gasteiger partial charge in [0.2, 0.25) is 0 Å². The molecule has 0 fully saturated rings. The van der Waals surface area contributed by atoms with Crippen LogP contribution in [0.25, 0.3) is 0 Å². The molecule has 92 valence electrons. The highest BCUT2D eigenvalue weighted by Crippen LogP contribution is 2.19. The summed E-state index contributed by atoms with van der Waals surface area (Å²) < 4.78 is 35.7. The zero-order chi connectivity index (χ0) is 11.9. The Morgan fingerprint density at radius 1 is 1.33 bits per heavy atom. The minimum atomic E-state index is -4.07. The molecule has 5 heteroatoms. The third-order valence-electron chi connectivity index (χ3n) is 2.25. The van der Waals surface area contributed by atoms with Crippen molar-refractivity contribution in [2.45, 2.75) is 44.8 Å². The van der Waals surface area contributed by atoms with Gasteiger partial charge in [-0.2, -0.15) is 13.2 Å². The van der Waals surface area contributed by atoms with Crippen LogP contribution in [0.3, 0.4) is 0 Å². The highest BCUT2D eigenvalue weighted by atomic mass is 19.4. The molecule has 15 heavy (non-hydrogen) atoms. The predicted octanol–water partition coefficient (Wildman–Crippen LogP) is 2.39. The fourth-order valence-electron chi connectivity index (χ4n) is 1.37. The van der Waals surface area contributed by atoms with E-state index in [9.17, 15) is 13.2 Å². The smallest absolute Gasteiger partial charge is 0.327 e. The lowest BCUT2D eigenvalue weighted by atomic mass is 10.1. The fourth-order valence-corrected chi connectivity index (χ4v) is 1.37. The minimum Gasteiger partial charge on any atom is -0.327 e. The maximum absolute atomic E-state index is 11.9. The van der Waals surface area contributed by atoms with Crippen molar-refractivity contribution in [1.29, 1.82) is 0 Å². The van der Waals surface area contributed by atoms with Crippen molar-refractivity contribution in [3.05, 3.63) is 0 Å². The number of alkyl halides is 3. The third kappa shape index (κ3) is 10.0. The zero-order valence-electron chi connectivity index (χ0n) is 9.48. The largest absolute Gasteiger partial charge is 0.390 e. The lowest BCUT2D eigenvalue weighted by molar-refractivity contribution is -0.137. The summed E-state index contributed by atoms with van der Waals surface area (Å²) in [6.45, 7) is 2.64. The molecule has 2 N–H and O–H groups in total. The molecular formula is C10H21F3N2. The van der Waals surface area contributed by atoms with E-state index in [2.05, 4.69) is 6.92 Å². The molecule has 2 nitrogen and oxygen atoms in total. The first-order valence-electron chi connectivity index (χ1n) is 5.36. The normalized spacial score (nSPS) is 14.6. The first-order chi connectivity index (χ1) is 6.85. The number of rotatable bonds is 7. The molecule has 1 atom stereocenters. The second-order valence-electron chi connectivity index (χ2n) is 4.03. The average molecular weight is 226 g/mol. The lowest BCUT2D eigenvalue weighted by Gasteiger charge is -2.21. The average Bonchev–Trinajstić information content (AvgIpc) is 2.10. The second kappa shape index (κ2) is 7.06. The number of hydrogen-bond acceptors (Lipinski definition) is 2. The molecule has 0 aromatic rings. The molecule has 0 bridgehead atoms. The first-order valence-corrected chi connectivity index (χ1v) is 5.36. The van der Waals surface area contributed by atoms with Crippen molar-refractivity contribution in [2.24, 2.45) is 5.73 Å². The van der Waals surface area contributed by atoms with Gasteiger partial charge < -0.3 is 10.6 Å². The maximum atomic E-state index is 11.9. The van der Waals surface area contributed by atoms with Gasteiger partial charge in [0, 0.05) is 19.1 Å². The summed E-state index contributed by atoms with van der Waals surface area (Å²) in [4.78, 5) is 1.65. The van der Waals surface area contributed by atoms with Crippen LogP contribution in [0.1, 0.15) is 32.6 Å². The summed E-state index contributed by atoms with van der Waals surface area (Å²) >= 11 is 0. The van der Waals surface area contributed by atoms with Crippen LogP contribution < -0.4 is 5.73 Å². The molecule has 0 saturated carbocycles. The molecule has 0 amide bonds. The standard InChI is InChI=1S/C10H21F3N2/c1-3-4-5-9(14)8-15(2)7-6-10(11,12)13/h9H,3-8,14H2,1-2H3. The Hall–Kier alpha value is -0.290. The molecule has 1 unspecified atom stereocenters. The van der Waals surface area contributed by atoms with Crippen molar-refractivity contribution < 1.29 is 13.2 Å². The Morgan fingerprint density at radius 3 is 2.40 bits per heavy atom. The van der Waals surface area contributed by atoms with Gasteiger partial charge in [-0.1, -0.05) is 19.8 Å². The Kier molecular flexibility index (Phi) is 6.92. The van der Waals surface area contributed by atoms with E-state index in [-0.39, 0.29) is 12.6 Å². The number of halogens is 3. The van der Waals surface area contributed by atoms with E-state index in [4.69, 9.17) is 5.73 Å². The number of nitrogens with zero attached hydrogens (tertiary/aromatic N) is 1. The van der Waals surface area contributed by atoms with Crippen LogP contribution in [-0.4, -0.2) is 37.3 Å². The van der Waals surface area contributed by atoms with Gasteiger partial charge in [0.15, 0.2) is 0 Å². The summed E-state index contributed by atoms with van der Waals surface area (Å²) in [6.07, 6.45) is -1.84. The van der Waals surface area contributed by atoms with E-state index in [1.807, 2.05) is 0 Å². The van der Waals surface area contributed by atoms with Crippen molar-refractivity contribution in [3.8, 4) is 0 Å². The van der Waals surface area contributed by atoms with E-state index in [0.29, 0.717) is 6.54 Å². The highest BCUT2D eigenvalue weighted by Gasteiger charge is 2.27. The van der Waals surface area contributed by atoms with Gasteiger partial charge in [-0.25, -0.2) is 0 Å². The quantitative estimate of drug-likeness (QED) is 0.722. The van der Waals surface area contributed by atoms with Gasteiger partial charge >= 0.3 is 6.18 Å². The van der Waals surface area contributed by atoms with E-state index in [1.54, 1.807) is 11.9 Å². The van der Waals surface area contributed by atoms with Gasteiger partial charge in [-0.3, -0.25) is 0 Å². The third-order valence-corrected chi connectivity index (χ3v) is 2.25. The Balaban J connectivity index is 3.59. The summed E-state index contributed by atoms with van der Waals surface area (Å²) in [5.41, 5.74) is 5.78. The van der Waals surface area contributed by atoms with Crippen molar-refractivity contribution in [3.63, 3.8) is 0 Å². The van der Waals surface area contributed by atoms with Crippen LogP contribution in [0.2, 0.25) is 0 Å². The van der Waals surface area contributed by atoms with Gasteiger partial charge in [0.25, 0.3) is 0 Å². The summed E-state index contributed by atoms with van der Waals surface area (Å²) in [6, 6.07) is -0.0109. The van der Waals surface area contributed by atoms with E-state index in [0.717, 1.165) is 19.3 Å². The van der Waals surface area contributed by atoms with Crippen LogP contribution in [0.15, 0.2) is 0 Å². The minimum absolute atomic E-state index is 0.0109. The zero-order valence-corrected chi connectivity index (χ0v) is 9.48. The highest BCUT2D eigenvalue weighted by molar-refractivity contribution is 4.67. The molecule has 0 saturated heterocycles. The molecule has 0 aliphatic heterocycles. The van der Waals surface area contributed by atoms with Crippen LogP contribution in [0.5, 0.6) is 0 Å². The van der Waals surface area contributed by atoms with E-state index < -0.39 is 12.6 Å². The van der Waals surface area contributed by atoms with Crippen LogP contribution in [-0.2, 0) is 0 Å². The van der Waals surface area contributed by atoms with Gasteiger partial charge in [0.05, 0.1) is 6.42 Å². The molecule has 0 aromatic heterocycles. The number of likely N-dealkylation sites (N-methyl/N-ethyl adjacent to an activating group) is 1. The fraction of sp³-hybridized carbons (Fsp3) is 1.00. The van der Waals surface area contributed by atoms with Crippen molar-refractivity contribution in [2.75, 3.05) is 20.1 Å². The van der Waals surface area contributed by atoms with Gasteiger partial charge in [0.1, 0.15) is 0 Å². The predicted molar refractivity (Wildman–Crippen MR) is 55.7 cm³/mol. The summed E-state index contributed by atoms with van der Waals surface area (Å²) in [5.74, 6) is 0. The molecule has 0 aliphatic rings. The SMILES string of the molecule is CCCCC(N)CN(C)CCC(F)(F)F. The van der Waals surface area contributed by atoms with Crippen molar-refractivity contribution in [1.82, 2.24) is 4.90 Å². The molecule has 0 radical (unpaired) electrons. The van der Waals surface area contributed by atoms with Gasteiger partial charge in [-0.15, -0.1) is 0 Å². The molecule has 0 aliphatic carbocycles. The van der Waals surface area contributed by atoms with Crippen LogP contribution >= 0.6 is 0 Å². The number of nitrogens with two attached hydrogens (primary N) is 1. The lowest BCUT2D eigenvalue weighted by Crippen LogP contribution is -2.36. The van der Waals surface area contributed by atoms with Crippen LogP contribution in [0.4, 0.5) is 13.2 Å². The topological polar surface area (TPSA) is 29.3 Å². The molecule has 0 aromatic carbocycles. The van der Waals surface area contributed by atoms with Gasteiger partial charge in [-0.05, 0) is 13.5 Å². The van der Waals surface area contributed by atoms with E-state index >= 15 is 0 Å². The summed E-state index contributed by atoms with van der Waals surface area (Å²) in [5, 5.41) is 0. The second-order valence-corrected chi connectivity index (χ2v) is 4.03. The molecule has 0 spiro atoms. The molecule has 0 rings (SSSR count). The first kappa shape index (κ1) is 14.7. The summed E-state index contributed by atoms with van der Waals surface area (Å²) in [7, 11) is 1.68. The van der Waals surface area contributed by atoms with Crippen LogP contribution in [0, 0.1) is 0 Å². The number of hydrogen-bond donors (Lipinski definition) is 1. The van der Waals surface area contributed by atoms with Crippen molar-refractivity contribution >= 4 is 0 Å². The van der Waals surface area contributed by atoms with E-state index in [1.165, 1.54) is 0 Å². The maximum Gasteiger partial charge on any atom is 0.390 e.